The van der Waals surface area contributed by atoms with E-state index < -0.39 is 0 Å². The van der Waals surface area contributed by atoms with E-state index >= 15 is 0 Å². The number of nitrogens with one attached hydrogen (secondary N) is 1. The molecule has 0 heterocycles. The van der Waals surface area contributed by atoms with Gasteiger partial charge in [-0.15, -0.1) is 0 Å². The molecule has 24 heavy (non-hydrogen) atoms. The molecule has 0 saturated heterocycles. The molecule has 0 saturated carbocycles. The van der Waals surface area contributed by atoms with Crippen LogP contribution in [0.1, 0.15) is 13.3 Å². The monoisotopic (exact) mass is 368 g/mol. The Kier molecular flexibility index (Phi) is 6.17. The molecule has 2 rings (SSSR count). The van der Waals surface area contributed by atoms with Gasteiger partial charge in [0.15, 0.2) is 0 Å². The summed E-state index contributed by atoms with van der Waals surface area (Å²) in [5.41, 5.74) is 0.856. The number of hydrogen-bond donors (Lipinski definition) is 1. The fourth-order valence-electron chi connectivity index (χ4n) is 2.14. The van der Waals surface area contributed by atoms with Gasteiger partial charge in [-0.2, -0.15) is 0 Å². The Morgan fingerprint density at radius 3 is 2.21 bits per heavy atom. The fourth-order valence-corrected chi connectivity index (χ4v) is 2.75. The number of hydrogen-bond acceptors (Lipinski definition) is 2. The molecule has 0 fully saturated rings. The molecule has 0 aromatic heterocycles. The van der Waals surface area contributed by atoms with Crippen LogP contribution in [0.25, 0.3) is 0 Å². The summed E-state index contributed by atoms with van der Waals surface area (Å²) >= 11 is 12.2. The predicted molar refractivity (Wildman–Crippen MR) is 94.1 cm³/mol. The van der Waals surface area contributed by atoms with Gasteiger partial charge in [-0.1, -0.05) is 29.3 Å². The van der Waals surface area contributed by atoms with E-state index in [4.69, 9.17) is 23.2 Å². The molecule has 0 unspecified atom stereocenters. The van der Waals surface area contributed by atoms with Crippen LogP contribution >= 0.6 is 23.2 Å². The normalized spacial score (nSPS) is 10.3. The van der Waals surface area contributed by atoms with Gasteiger partial charge in [0.05, 0.1) is 15.7 Å². The quantitative estimate of drug-likeness (QED) is 0.843. The average Bonchev–Trinajstić information content (AvgIpc) is 2.52. The van der Waals surface area contributed by atoms with Crippen LogP contribution in [0.3, 0.4) is 0 Å². The topological polar surface area (TPSA) is 49.4 Å². The molecule has 7 heteroatoms. The Labute approximate surface area is 149 Å². The molecule has 0 bridgehead atoms. The number of anilines is 2. The summed E-state index contributed by atoms with van der Waals surface area (Å²) in [5, 5.41) is 3.30. The zero-order valence-electron chi connectivity index (χ0n) is 12.9. The molecule has 0 atom stereocenters. The van der Waals surface area contributed by atoms with E-state index in [-0.39, 0.29) is 30.6 Å². The molecular weight excluding hydrogens is 354 g/mol. The van der Waals surface area contributed by atoms with Gasteiger partial charge in [-0.3, -0.25) is 9.59 Å². The number of rotatable bonds is 5. The summed E-state index contributed by atoms with van der Waals surface area (Å²) in [7, 11) is 0. The SMILES string of the molecule is CC(=O)N(CCC(=O)Nc1ccc(F)cc1)c1c(Cl)cccc1Cl. The van der Waals surface area contributed by atoms with E-state index in [1.54, 1.807) is 18.2 Å². The number of amides is 2. The molecule has 0 aliphatic heterocycles. The second kappa shape index (κ2) is 8.13. The van der Waals surface area contributed by atoms with Crippen molar-refractivity contribution in [3.63, 3.8) is 0 Å². The molecule has 0 radical (unpaired) electrons. The number of halogens is 3. The number of para-hydroxylation sites is 1. The second-order valence-corrected chi connectivity index (χ2v) is 5.86. The van der Waals surface area contributed by atoms with Gasteiger partial charge < -0.3 is 10.2 Å². The Balaban J connectivity index is 2.05. The summed E-state index contributed by atoms with van der Waals surface area (Å²) in [6, 6.07) is 10.3. The highest BCUT2D eigenvalue weighted by atomic mass is 35.5. The van der Waals surface area contributed by atoms with Crippen LogP contribution in [0.5, 0.6) is 0 Å². The third-order valence-electron chi connectivity index (χ3n) is 3.28. The largest absolute Gasteiger partial charge is 0.326 e. The van der Waals surface area contributed by atoms with Crippen molar-refractivity contribution in [3.05, 3.63) is 58.3 Å². The summed E-state index contributed by atoms with van der Waals surface area (Å²) in [5.74, 6) is -0.972. The predicted octanol–water partition coefficient (Wildman–Crippen LogP) is 4.51. The number of carbonyl (C=O) groups is 2. The second-order valence-electron chi connectivity index (χ2n) is 5.05. The lowest BCUT2D eigenvalue weighted by atomic mass is 10.2. The Morgan fingerprint density at radius 2 is 1.67 bits per heavy atom. The van der Waals surface area contributed by atoms with Crippen molar-refractivity contribution in [2.45, 2.75) is 13.3 Å². The standard InChI is InChI=1S/C17H15Cl2FN2O2/c1-11(23)22(17-14(18)3-2-4-15(17)19)10-9-16(24)21-13-7-5-12(20)6-8-13/h2-8H,9-10H2,1H3,(H,21,24). The van der Waals surface area contributed by atoms with Gasteiger partial charge in [0.2, 0.25) is 11.8 Å². The maximum absolute atomic E-state index is 12.8. The molecule has 0 aliphatic rings. The number of benzene rings is 2. The zero-order chi connectivity index (χ0) is 17.7. The van der Waals surface area contributed by atoms with E-state index in [0.717, 1.165) is 0 Å². The fraction of sp³-hybridized carbons (Fsp3) is 0.176. The van der Waals surface area contributed by atoms with Crippen LogP contribution in [-0.4, -0.2) is 18.4 Å². The summed E-state index contributed by atoms with van der Waals surface area (Å²) in [4.78, 5) is 25.3. The number of carbonyl (C=O) groups excluding carboxylic acids is 2. The minimum Gasteiger partial charge on any atom is -0.326 e. The molecule has 2 aromatic carbocycles. The zero-order valence-corrected chi connectivity index (χ0v) is 14.4. The highest BCUT2D eigenvalue weighted by Gasteiger charge is 2.19. The van der Waals surface area contributed by atoms with Gasteiger partial charge in [-0.25, -0.2) is 4.39 Å². The van der Waals surface area contributed by atoms with Crippen molar-refractivity contribution in [1.29, 1.82) is 0 Å². The van der Waals surface area contributed by atoms with Crippen molar-refractivity contribution in [2.24, 2.45) is 0 Å². The van der Waals surface area contributed by atoms with E-state index in [2.05, 4.69) is 5.32 Å². The van der Waals surface area contributed by atoms with Gasteiger partial charge in [-0.05, 0) is 36.4 Å². The molecular formula is C17H15Cl2FN2O2. The highest BCUT2D eigenvalue weighted by Crippen LogP contribution is 2.33. The van der Waals surface area contributed by atoms with E-state index in [0.29, 0.717) is 21.4 Å². The molecule has 1 N–H and O–H groups in total. The summed E-state index contributed by atoms with van der Waals surface area (Å²) in [6.07, 6.45) is 0.0402. The van der Waals surface area contributed by atoms with E-state index in [1.165, 1.54) is 36.1 Å². The first kappa shape index (κ1) is 18.2. The first-order valence-electron chi connectivity index (χ1n) is 7.16. The van der Waals surface area contributed by atoms with Crippen LogP contribution in [-0.2, 0) is 9.59 Å². The van der Waals surface area contributed by atoms with Crippen molar-refractivity contribution in [1.82, 2.24) is 0 Å². The maximum Gasteiger partial charge on any atom is 0.226 e. The van der Waals surface area contributed by atoms with Crippen LogP contribution < -0.4 is 10.2 Å². The first-order valence-corrected chi connectivity index (χ1v) is 7.91. The molecule has 0 spiro atoms. The lowest BCUT2D eigenvalue weighted by Gasteiger charge is -2.23. The lowest BCUT2D eigenvalue weighted by Crippen LogP contribution is -2.32. The minimum atomic E-state index is -0.385. The third-order valence-corrected chi connectivity index (χ3v) is 3.89. The highest BCUT2D eigenvalue weighted by molar-refractivity contribution is 6.39. The Morgan fingerprint density at radius 1 is 1.08 bits per heavy atom. The summed E-state index contributed by atoms with van der Waals surface area (Å²) < 4.78 is 12.8. The van der Waals surface area contributed by atoms with E-state index in [9.17, 15) is 14.0 Å². The number of nitrogens with zero attached hydrogens (tertiary/aromatic N) is 1. The molecule has 2 amide bonds. The van der Waals surface area contributed by atoms with E-state index in [1.807, 2.05) is 0 Å². The van der Waals surface area contributed by atoms with Gasteiger partial charge >= 0.3 is 0 Å². The van der Waals surface area contributed by atoms with Crippen molar-refractivity contribution < 1.29 is 14.0 Å². The molecule has 0 aliphatic carbocycles. The minimum absolute atomic E-state index is 0.0402. The van der Waals surface area contributed by atoms with Crippen molar-refractivity contribution >= 4 is 46.4 Å². The third kappa shape index (κ3) is 4.69. The maximum atomic E-state index is 12.8. The van der Waals surface area contributed by atoms with Gasteiger partial charge in [0.25, 0.3) is 0 Å². The molecule has 126 valence electrons. The van der Waals surface area contributed by atoms with Crippen molar-refractivity contribution in [3.8, 4) is 0 Å². The lowest BCUT2D eigenvalue weighted by molar-refractivity contribution is -0.117. The average molecular weight is 369 g/mol. The van der Waals surface area contributed by atoms with Gasteiger partial charge in [0.1, 0.15) is 5.82 Å². The van der Waals surface area contributed by atoms with Gasteiger partial charge in [0, 0.05) is 25.6 Å². The van der Waals surface area contributed by atoms with Crippen LogP contribution in [0.4, 0.5) is 15.8 Å². The Hall–Kier alpha value is -2.11. The van der Waals surface area contributed by atoms with Crippen LogP contribution in [0, 0.1) is 5.82 Å². The van der Waals surface area contributed by atoms with Crippen LogP contribution in [0.2, 0.25) is 10.0 Å². The molecule has 4 nitrogen and oxygen atoms in total. The smallest absolute Gasteiger partial charge is 0.226 e. The first-order chi connectivity index (χ1) is 11.4. The summed E-state index contributed by atoms with van der Waals surface area (Å²) in [6.45, 7) is 1.49. The molecule has 2 aromatic rings. The van der Waals surface area contributed by atoms with Crippen LogP contribution in [0.15, 0.2) is 42.5 Å². The van der Waals surface area contributed by atoms with Crippen molar-refractivity contribution in [2.75, 3.05) is 16.8 Å². The Bertz CT molecular complexity index is 731.